The number of carbonyl (C=O) groups is 3. The van der Waals surface area contributed by atoms with Crippen molar-refractivity contribution in [3.8, 4) is 0 Å². The molecule has 0 aromatic heterocycles. The van der Waals surface area contributed by atoms with Crippen molar-refractivity contribution in [2.75, 3.05) is 19.6 Å². The Balaban J connectivity index is 1.39. The standard InChI is InChI=1S/C21H27N3O4/c22-18(25)16-11-21(16)10-15(20(27)28)17(23-12-21)19(26)24-8-6-14(7-9-24)13-4-2-1-3-5-13/h1-5,14-17,23H,6-12H2,(H2,22,25)(H,27,28). The number of nitrogens with two attached hydrogens (primary N) is 1. The van der Waals surface area contributed by atoms with Crippen LogP contribution >= 0.6 is 0 Å². The number of hydrogen-bond donors (Lipinski definition) is 3. The van der Waals surface area contributed by atoms with E-state index >= 15 is 0 Å². The van der Waals surface area contributed by atoms with Gasteiger partial charge in [-0.25, -0.2) is 0 Å². The summed E-state index contributed by atoms with van der Waals surface area (Å²) >= 11 is 0. The van der Waals surface area contributed by atoms with Gasteiger partial charge in [0, 0.05) is 25.6 Å². The van der Waals surface area contributed by atoms with Gasteiger partial charge in [-0.05, 0) is 42.6 Å². The summed E-state index contributed by atoms with van der Waals surface area (Å²) in [4.78, 5) is 38.2. The zero-order valence-corrected chi connectivity index (χ0v) is 15.8. The van der Waals surface area contributed by atoms with Gasteiger partial charge >= 0.3 is 5.97 Å². The van der Waals surface area contributed by atoms with Gasteiger partial charge in [0.05, 0.1) is 5.92 Å². The van der Waals surface area contributed by atoms with E-state index in [0.29, 0.717) is 38.4 Å². The predicted molar refractivity (Wildman–Crippen MR) is 102 cm³/mol. The molecule has 7 heteroatoms. The van der Waals surface area contributed by atoms with E-state index in [0.717, 1.165) is 12.8 Å². The Morgan fingerprint density at radius 2 is 1.79 bits per heavy atom. The Bertz CT molecular complexity index is 775. The van der Waals surface area contributed by atoms with Crippen molar-refractivity contribution in [3.63, 3.8) is 0 Å². The highest BCUT2D eigenvalue weighted by atomic mass is 16.4. The number of carboxylic acids is 1. The van der Waals surface area contributed by atoms with Gasteiger partial charge in [-0.2, -0.15) is 0 Å². The van der Waals surface area contributed by atoms with Crippen LogP contribution in [0, 0.1) is 17.3 Å². The van der Waals surface area contributed by atoms with Crippen LogP contribution < -0.4 is 11.1 Å². The van der Waals surface area contributed by atoms with E-state index in [1.807, 2.05) is 18.2 Å². The van der Waals surface area contributed by atoms with Gasteiger partial charge < -0.3 is 21.1 Å². The van der Waals surface area contributed by atoms with Crippen molar-refractivity contribution < 1.29 is 19.5 Å². The lowest BCUT2D eigenvalue weighted by Gasteiger charge is -2.39. The van der Waals surface area contributed by atoms with Crippen molar-refractivity contribution in [2.45, 2.75) is 37.6 Å². The van der Waals surface area contributed by atoms with Crippen LogP contribution in [0.4, 0.5) is 0 Å². The highest BCUT2D eigenvalue weighted by molar-refractivity contribution is 5.89. The molecule has 2 heterocycles. The van der Waals surface area contributed by atoms with Crippen LogP contribution in [-0.2, 0) is 14.4 Å². The fourth-order valence-corrected chi connectivity index (χ4v) is 5.10. The third-order valence-corrected chi connectivity index (χ3v) is 6.90. The third-order valence-electron chi connectivity index (χ3n) is 6.90. The monoisotopic (exact) mass is 385 g/mol. The van der Waals surface area contributed by atoms with Crippen molar-refractivity contribution >= 4 is 17.8 Å². The summed E-state index contributed by atoms with van der Waals surface area (Å²) in [5, 5.41) is 12.9. The SMILES string of the molecule is NC(=O)C1CC12CNC(C(=O)N1CCC(c3ccccc3)CC1)C(C(=O)O)C2. The summed E-state index contributed by atoms with van der Waals surface area (Å²) in [6.45, 7) is 1.75. The van der Waals surface area contributed by atoms with Crippen molar-refractivity contribution in [2.24, 2.45) is 23.0 Å². The predicted octanol–water partition coefficient (Wildman–Crippen LogP) is 0.947. The lowest BCUT2D eigenvalue weighted by Crippen LogP contribution is -2.58. The van der Waals surface area contributed by atoms with Crippen LogP contribution in [0.5, 0.6) is 0 Å². The summed E-state index contributed by atoms with van der Waals surface area (Å²) in [6.07, 6.45) is 2.71. The molecule has 1 aliphatic carbocycles. The quantitative estimate of drug-likeness (QED) is 0.714. The second kappa shape index (κ2) is 7.20. The molecule has 0 bridgehead atoms. The number of piperidine rings is 2. The van der Waals surface area contributed by atoms with Gasteiger partial charge in [-0.3, -0.25) is 14.4 Å². The number of rotatable bonds is 4. The first kappa shape index (κ1) is 18.9. The lowest BCUT2D eigenvalue weighted by molar-refractivity contribution is -0.151. The van der Waals surface area contributed by atoms with E-state index in [1.54, 1.807) is 4.90 Å². The van der Waals surface area contributed by atoms with Crippen LogP contribution in [0.3, 0.4) is 0 Å². The highest BCUT2D eigenvalue weighted by Crippen LogP contribution is 2.58. The first-order chi connectivity index (χ1) is 13.4. The molecular weight excluding hydrogens is 358 g/mol. The molecule has 4 N–H and O–H groups in total. The molecular formula is C21H27N3O4. The van der Waals surface area contributed by atoms with E-state index in [-0.39, 0.29) is 23.1 Å². The maximum Gasteiger partial charge on any atom is 0.308 e. The maximum absolute atomic E-state index is 13.1. The number of nitrogens with one attached hydrogen (secondary N) is 1. The molecule has 2 saturated heterocycles. The Labute approximate surface area is 164 Å². The van der Waals surface area contributed by atoms with E-state index in [4.69, 9.17) is 5.73 Å². The van der Waals surface area contributed by atoms with E-state index in [2.05, 4.69) is 17.4 Å². The van der Waals surface area contributed by atoms with Gasteiger partial charge in [0.15, 0.2) is 0 Å². The molecule has 0 radical (unpaired) electrons. The van der Waals surface area contributed by atoms with Crippen LogP contribution in [0.2, 0.25) is 0 Å². The molecule has 3 aliphatic rings. The molecule has 150 valence electrons. The third kappa shape index (κ3) is 3.39. The van der Waals surface area contributed by atoms with Crippen LogP contribution in [0.1, 0.15) is 37.2 Å². The number of benzene rings is 1. The molecule has 28 heavy (non-hydrogen) atoms. The van der Waals surface area contributed by atoms with E-state index < -0.39 is 17.9 Å². The summed E-state index contributed by atoms with van der Waals surface area (Å²) in [5.74, 6) is -2.16. The smallest absolute Gasteiger partial charge is 0.308 e. The number of carboxylic acid groups (broad SMARTS) is 1. The Morgan fingerprint density at radius 3 is 2.36 bits per heavy atom. The van der Waals surface area contributed by atoms with Crippen molar-refractivity contribution in [1.29, 1.82) is 0 Å². The molecule has 1 aromatic rings. The fourth-order valence-electron chi connectivity index (χ4n) is 5.10. The topological polar surface area (TPSA) is 113 Å². The molecule has 1 spiro atoms. The van der Waals surface area contributed by atoms with Gasteiger partial charge in [0.1, 0.15) is 6.04 Å². The summed E-state index contributed by atoms with van der Waals surface area (Å²) in [7, 11) is 0. The zero-order valence-electron chi connectivity index (χ0n) is 15.8. The van der Waals surface area contributed by atoms with Gasteiger partial charge in [0.25, 0.3) is 0 Å². The second-order valence-corrected chi connectivity index (χ2v) is 8.54. The average molecular weight is 385 g/mol. The molecule has 4 unspecified atom stereocenters. The van der Waals surface area contributed by atoms with Gasteiger partial charge in [-0.15, -0.1) is 0 Å². The number of primary amides is 1. The maximum atomic E-state index is 13.1. The highest BCUT2D eigenvalue weighted by Gasteiger charge is 2.62. The average Bonchev–Trinajstić information content (AvgIpc) is 3.42. The van der Waals surface area contributed by atoms with Crippen LogP contribution in [0.15, 0.2) is 30.3 Å². The lowest BCUT2D eigenvalue weighted by atomic mass is 9.80. The zero-order chi connectivity index (χ0) is 19.9. The van der Waals surface area contributed by atoms with Crippen molar-refractivity contribution in [1.82, 2.24) is 10.2 Å². The Kier molecular flexibility index (Phi) is 4.87. The van der Waals surface area contributed by atoms with Gasteiger partial charge in [-0.1, -0.05) is 30.3 Å². The summed E-state index contributed by atoms with van der Waals surface area (Å²) in [6, 6.07) is 9.57. The second-order valence-electron chi connectivity index (χ2n) is 8.54. The molecule has 4 atom stereocenters. The van der Waals surface area contributed by atoms with Crippen LogP contribution in [0.25, 0.3) is 0 Å². The van der Waals surface area contributed by atoms with Gasteiger partial charge in [0.2, 0.25) is 11.8 Å². The molecule has 7 nitrogen and oxygen atoms in total. The molecule has 2 amide bonds. The van der Waals surface area contributed by atoms with E-state index in [9.17, 15) is 19.5 Å². The number of carbonyl (C=O) groups excluding carboxylic acids is 2. The van der Waals surface area contributed by atoms with Crippen molar-refractivity contribution in [3.05, 3.63) is 35.9 Å². The van der Waals surface area contributed by atoms with Crippen LogP contribution in [-0.4, -0.2) is 53.5 Å². The number of hydrogen-bond acceptors (Lipinski definition) is 4. The normalized spacial score (nSPS) is 32.9. The summed E-state index contributed by atoms with van der Waals surface area (Å²) < 4.78 is 0. The first-order valence-corrected chi connectivity index (χ1v) is 10.0. The summed E-state index contributed by atoms with van der Waals surface area (Å²) in [5.41, 5.74) is 6.32. The molecule has 3 fully saturated rings. The Hall–Kier alpha value is -2.41. The number of likely N-dealkylation sites (tertiary alicyclic amines) is 1. The number of amides is 2. The van der Waals surface area contributed by atoms with E-state index in [1.165, 1.54) is 5.56 Å². The minimum absolute atomic E-state index is 0.134. The molecule has 1 saturated carbocycles. The molecule has 2 aliphatic heterocycles. The fraction of sp³-hybridized carbons (Fsp3) is 0.571. The number of aliphatic carboxylic acids is 1. The largest absolute Gasteiger partial charge is 0.481 e. The minimum atomic E-state index is -0.987. The molecule has 1 aromatic carbocycles. The first-order valence-electron chi connectivity index (χ1n) is 10.0. The number of nitrogens with zero attached hydrogens (tertiary/aromatic N) is 1. The minimum Gasteiger partial charge on any atom is -0.481 e. The molecule has 4 rings (SSSR count). The Morgan fingerprint density at radius 1 is 1.11 bits per heavy atom.